The minimum absolute atomic E-state index is 0.0116. The van der Waals surface area contributed by atoms with Crippen molar-refractivity contribution in [2.24, 2.45) is 23.7 Å². The Kier molecular flexibility index (Phi) is 2.29. The average molecular weight is 252 g/mol. The summed E-state index contributed by atoms with van der Waals surface area (Å²) in [5.41, 5.74) is 1.01. The number of fused-ring (bicyclic) bond motifs is 5. The largest absolute Gasteiger partial charge is 0.299 e. The van der Waals surface area contributed by atoms with Crippen LogP contribution in [0.2, 0.25) is 0 Å². The van der Waals surface area contributed by atoms with Gasteiger partial charge in [0, 0.05) is 24.2 Å². The molecule has 0 radical (unpaired) electrons. The molecule has 0 N–H and O–H groups in total. The summed E-state index contributed by atoms with van der Waals surface area (Å²) in [4.78, 5) is 25.2. The minimum Gasteiger partial charge on any atom is -0.299 e. The van der Waals surface area contributed by atoms with Gasteiger partial charge in [0.25, 0.3) is 0 Å². The van der Waals surface area contributed by atoms with Crippen LogP contribution in [0.5, 0.6) is 0 Å². The quantitative estimate of drug-likeness (QED) is 0.720. The molecule has 2 fully saturated rings. The molecule has 2 bridgehead atoms. The molecule has 0 amide bonds. The fourth-order valence-corrected chi connectivity index (χ4v) is 4.29. The third-order valence-electron chi connectivity index (χ3n) is 5.11. The summed E-state index contributed by atoms with van der Waals surface area (Å²) in [6, 6.07) is 9.78. The zero-order chi connectivity index (χ0) is 13.0. The summed E-state index contributed by atoms with van der Waals surface area (Å²) in [5.74, 6) is 0.996. The summed E-state index contributed by atoms with van der Waals surface area (Å²) in [7, 11) is 0. The molecule has 3 aliphatic rings. The van der Waals surface area contributed by atoms with Gasteiger partial charge in [-0.1, -0.05) is 42.5 Å². The molecule has 1 aromatic rings. The first-order valence-corrected chi connectivity index (χ1v) is 7.05. The Morgan fingerprint density at radius 3 is 2.32 bits per heavy atom. The Bertz CT molecular complexity index is 572. The summed E-state index contributed by atoms with van der Waals surface area (Å²) in [6.07, 6.45) is 5.72. The second-order valence-corrected chi connectivity index (χ2v) is 6.04. The van der Waals surface area contributed by atoms with E-state index in [1.165, 1.54) is 0 Å². The zero-order valence-corrected chi connectivity index (χ0v) is 10.7. The van der Waals surface area contributed by atoms with E-state index in [-0.39, 0.29) is 17.8 Å². The van der Waals surface area contributed by atoms with Crippen molar-refractivity contribution in [1.29, 1.82) is 0 Å². The third-order valence-corrected chi connectivity index (χ3v) is 5.11. The molecule has 2 saturated carbocycles. The lowest BCUT2D eigenvalue weighted by Gasteiger charge is -2.34. The minimum atomic E-state index is -0.206. The number of hydrogen-bond donors (Lipinski definition) is 0. The highest BCUT2D eigenvalue weighted by molar-refractivity contribution is 6.02. The van der Waals surface area contributed by atoms with Gasteiger partial charge in [0.05, 0.1) is 0 Å². The third kappa shape index (κ3) is 1.49. The molecule has 4 rings (SSSR count). The molecule has 5 unspecified atom stereocenters. The van der Waals surface area contributed by atoms with Gasteiger partial charge in [0.1, 0.15) is 11.6 Å². The first-order chi connectivity index (χ1) is 9.25. The van der Waals surface area contributed by atoms with E-state index in [0.29, 0.717) is 29.8 Å². The highest BCUT2D eigenvalue weighted by Gasteiger charge is 2.55. The van der Waals surface area contributed by atoms with Crippen molar-refractivity contribution in [3.05, 3.63) is 48.0 Å². The predicted molar refractivity (Wildman–Crippen MR) is 71.5 cm³/mol. The lowest BCUT2D eigenvalue weighted by atomic mass is 9.66. The number of allylic oxidation sites excluding steroid dienone is 2. The molecule has 2 nitrogen and oxygen atoms in total. The molecule has 19 heavy (non-hydrogen) atoms. The van der Waals surface area contributed by atoms with Crippen LogP contribution in [0.15, 0.2) is 42.5 Å². The number of benzene rings is 1. The lowest BCUT2D eigenvalue weighted by Crippen LogP contribution is -2.42. The molecule has 3 aliphatic carbocycles. The first kappa shape index (κ1) is 11.2. The molecule has 0 saturated heterocycles. The predicted octanol–water partition coefficient (Wildman–Crippen LogP) is 2.75. The number of ketones is 2. The van der Waals surface area contributed by atoms with Gasteiger partial charge >= 0.3 is 0 Å². The fourth-order valence-electron chi connectivity index (χ4n) is 4.29. The smallest absolute Gasteiger partial charge is 0.145 e. The van der Waals surface area contributed by atoms with Gasteiger partial charge < -0.3 is 0 Å². The maximum Gasteiger partial charge on any atom is 0.145 e. The van der Waals surface area contributed by atoms with E-state index in [4.69, 9.17) is 0 Å². The van der Waals surface area contributed by atoms with Crippen LogP contribution in [0.4, 0.5) is 0 Å². The molecule has 0 aliphatic heterocycles. The maximum atomic E-state index is 12.8. The monoisotopic (exact) mass is 252 g/mol. The van der Waals surface area contributed by atoms with Crippen LogP contribution in [0.3, 0.4) is 0 Å². The van der Waals surface area contributed by atoms with Crippen LogP contribution < -0.4 is 0 Å². The Morgan fingerprint density at radius 1 is 0.895 bits per heavy atom. The highest BCUT2D eigenvalue weighted by Crippen LogP contribution is 2.53. The number of carbonyl (C=O) groups excluding carboxylic acids is 2. The van der Waals surface area contributed by atoms with E-state index < -0.39 is 0 Å². The van der Waals surface area contributed by atoms with Crippen LogP contribution in [-0.2, 0) is 9.59 Å². The molecule has 96 valence electrons. The van der Waals surface area contributed by atoms with Crippen molar-refractivity contribution in [3.63, 3.8) is 0 Å². The van der Waals surface area contributed by atoms with E-state index in [9.17, 15) is 9.59 Å². The van der Waals surface area contributed by atoms with Gasteiger partial charge in [-0.3, -0.25) is 9.59 Å². The molecule has 0 aromatic heterocycles. The number of carbonyl (C=O) groups is 2. The SMILES string of the molecule is O=C1CC(c2ccccc2)C(=O)C2C3C=CC(C3)C12. The highest BCUT2D eigenvalue weighted by atomic mass is 16.1. The van der Waals surface area contributed by atoms with Crippen LogP contribution in [0, 0.1) is 23.7 Å². The van der Waals surface area contributed by atoms with E-state index in [1.807, 2.05) is 30.3 Å². The number of hydrogen-bond acceptors (Lipinski definition) is 2. The van der Waals surface area contributed by atoms with E-state index in [2.05, 4.69) is 12.2 Å². The molecular weight excluding hydrogens is 236 g/mol. The van der Waals surface area contributed by atoms with Crippen molar-refractivity contribution in [2.45, 2.75) is 18.8 Å². The number of rotatable bonds is 1. The summed E-state index contributed by atoms with van der Waals surface area (Å²) in [5, 5.41) is 0. The maximum absolute atomic E-state index is 12.8. The van der Waals surface area contributed by atoms with Crippen molar-refractivity contribution in [1.82, 2.24) is 0 Å². The van der Waals surface area contributed by atoms with Gasteiger partial charge in [-0.2, -0.15) is 0 Å². The van der Waals surface area contributed by atoms with E-state index in [1.54, 1.807) is 0 Å². The number of Topliss-reactive ketones (excluding diaryl/α,β-unsaturated/α-hetero) is 2. The molecule has 0 spiro atoms. The van der Waals surface area contributed by atoms with Crippen LogP contribution in [0.1, 0.15) is 24.3 Å². The van der Waals surface area contributed by atoms with Crippen LogP contribution >= 0.6 is 0 Å². The van der Waals surface area contributed by atoms with Gasteiger partial charge in [0.15, 0.2) is 0 Å². The Labute approximate surface area is 112 Å². The zero-order valence-electron chi connectivity index (χ0n) is 10.7. The fraction of sp³-hybridized carbons (Fsp3) is 0.412. The van der Waals surface area contributed by atoms with Crippen molar-refractivity contribution in [2.75, 3.05) is 0 Å². The second kappa shape index (κ2) is 3.89. The van der Waals surface area contributed by atoms with Crippen LogP contribution in [0.25, 0.3) is 0 Å². The Hall–Kier alpha value is -1.70. The molecule has 1 aromatic carbocycles. The van der Waals surface area contributed by atoms with Crippen molar-refractivity contribution in [3.8, 4) is 0 Å². The van der Waals surface area contributed by atoms with Crippen molar-refractivity contribution < 1.29 is 9.59 Å². The summed E-state index contributed by atoms with van der Waals surface area (Å²) in [6.45, 7) is 0. The Morgan fingerprint density at radius 2 is 1.58 bits per heavy atom. The molecular formula is C17H16O2. The average Bonchev–Trinajstić information content (AvgIpc) is 3.05. The summed E-state index contributed by atoms with van der Waals surface area (Å²) >= 11 is 0. The standard InChI is InChI=1S/C17H16O2/c18-14-9-13(10-4-2-1-3-5-10)17(19)16-12-7-6-11(8-12)15(14)16/h1-7,11-13,15-16H,8-9H2. The molecule has 0 heterocycles. The van der Waals surface area contributed by atoms with Gasteiger partial charge in [-0.05, 0) is 23.8 Å². The normalized spacial score (nSPS) is 39.7. The van der Waals surface area contributed by atoms with Crippen LogP contribution in [-0.4, -0.2) is 11.6 Å². The van der Waals surface area contributed by atoms with E-state index in [0.717, 1.165) is 12.0 Å². The molecule has 5 atom stereocenters. The summed E-state index contributed by atoms with van der Waals surface area (Å²) < 4.78 is 0. The van der Waals surface area contributed by atoms with Gasteiger partial charge in [0.2, 0.25) is 0 Å². The van der Waals surface area contributed by atoms with Gasteiger partial charge in [-0.25, -0.2) is 0 Å². The molecule has 2 heteroatoms. The Balaban J connectivity index is 1.72. The van der Waals surface area contributed by atoms with Gasteiger partial charge in [-0.15, -0.1) is 0 Å². The van der Waals surface area contributed by atoms with E-state index >= 15 is 0 Å². The van der Waals surface area contributed by atoms with Crippen molar-refractivity contribution >= 4 is 11.6 Å². The lowest BCUT2D eigenvalue weighted by molar-refractivity contribution is -0.139. The first-order valence-electron chi connectivity index (χ1n) is 7.05. The topological polar surface area (TPSA) is 34.1 Å². The second-order valence-electron chi connectivity index (χ2n) is 6.04.